The summed E-state index contributed by atoms with van der Waals surface area (Å²) in [7, 11) is 0. The number of likely N-dealkylation sites (tertiary alicyclic amines) is 1. The van der Waals surface area contributed by atoms with Gasteiger partial charge in [0, 0.05) is 25.1 Å². The summed E-state index contributed by atoms with van der Waals surface area (Å²) in [6.45, 7) is 2.01. The van der Waals surface area contributed by atoms with E-state index in [0.29, 0.717) is 43.2 Å². The summed E-state index contributed by atoms with van der Waals surface area (Å²) in [5.74, 6) is 1.84. The molecule has 0 aromatic carbocycles. The third-order valence-electron chi connectivity index (χ3n) is 5.30. The van der Waals surface area contributed by atoms with Crippen molar-refractivity contribution in [3.63, 3.8) is 0 Å². The molecule has 0 unspecified atom stereocenters. The SMILES string of the molecule is O=C(c1ncn[nH]1)N1CCC(COc2ccc3nc(C4CC4)cn3n2)CC1. The quantitative estimate of drug-likeness (QED) is 0.736. The molecule has 27 heavy (non-hydrogen) atoms. The number of aromatic amines is 1. The van der Waals surface area contributed by atoms with E-state index in [0.717, 1.165) is 24.2 Å². The number of H-pyrrole nitrogens is 1. The van der Waals surface area contributed by atoms with Crippen LogP contribution in [0.2, 0.25) is 0 Å². The Morgan fingerprint density at radius 1 is 1.22 bits per heavy atom. The van der Waals surface area contributed by atoms with Crippen molar-refractivity contribution in [3.05, 3.63) is 36.2 Å². The lowest BCUT2D eigenvalue weighted by atomic mass is 9.98. The zero-order valence-electron chi connectivity index (χ0n) is 14.9. The molecule has 140 valence electrons. The van der Waals surface area contributed by atoms with Crippen LogP contribution < -0.4 is 4.74 Å². The highest BCUT2D eigenvalue weighted by Gasteiger charge is 2.27. The summed E-state index contributed by atoms with van der Waals surface area (Å²) in [4.78, 5) is 22.6. The largest absolute Gasteiger partial charge is 0.476 e. The van der Waals surface area contributed by atoms with E-state index < -0.39 is 0 Å². The summed E-state index contributed by atoms with van der Waals surface area (Å²) in [6.07, 6.45) is 7.62. The molecule has 3 aromatic rings. The zero-order valence-corrected chi connectivity index (χ0v) is 14.9. The van der Waals surface area contributed by atoms with Crippen molar-refractivity contribution in [2.24, 2.45) is 5.92 Å². The molecule has 4 heterocycles. The molecule has 0 bridgehead atoms. The Morgan fingerprint density at radius 2 is 2.07 bits per heavy atom. The number of nitrogens with one attached hydrogen (secondary N) is 1. The van der Waals surface area contributed by atoms with E-state index in [4.69, 9.17) is 4.74 Å². The van der Waals surface area contributed by atoms with E-state index in [2.05, 4.69) is 25.3 Å². The molecule has 2 fully saturated rings. The van der Waals surface area contributed by atoms with Gasteiger partial charge in [-0.05, 0) is 37.7 Å². The van der Waals surface area contributed by atoms with Gasteiger partial charge in [-0.25, -0.2) is 14.5 Å². The molecule has 3 aromatic heterocycles. The number of nitrogens with zero attached hydrogens (tertiary/aromatic N) is 6. The number of rotatable bonds is 5. The van der Waals surface area contributed by atoms with Gasteiger partial charge in [-0.3, -0.25) is 9.89 Å². The van der Waals surface area contributed by atoms with Crippen LogP contribution in [0.1, 0.15) is 47.9 Å². The van der Waals surface area contributed by atoms with Gasteiger partial charge in [-0.1, -0.05) is 0 Å². The molecule has 0 spiro atoms. The second kappa shape index (κ2) is 6.64. The fourth-order valence-corrected chi connectivity index (χ4v) is 3.50. The van der Waals surface area contributed by atoms with Crippen molar-refractivity contribution >= 4 is 11.6 Å². The topological polar surface area (TPSA) is 101 Å². The van der Waals surface area contributed by atoms with E-state index in [9.17, 15) is 4.79 Å². The molecule has 0 atom stereocenters. The molecule has 2 aliphatic rings. The van der Waals surface area contributed by atoms with Crippen molar-refractivity contribution < 1.29 is 9.53 Å². The first-order chi connectivity index (χ1) is 13.3. The second-order valence-corrected chi connectivity index (χ2v) is 7.30. The number of imidazole rings is 1. The first-order valence-corrected chi connectivity index (χ1v) is 9.40. The van der Waals surface area contributed by atoms with Crippen LogP contribution in [0.4, 0.5) is 0 Å². The minimum Gasteiger partial charge on any atom is -0.476 e. The average molecular weight is 367 g/mol. The molecule has 0 radical (unpaired) electrons. The lowest BCUT2D eigenvalue weighted by Gasteiger charge is -2.31. The molecule has 1 amide bonds. The van der Waals surface area contributed by atoms with Crippen molar-refractivity contribution in [1.29, 1.82) is 0 Å². The Labute approximate surface area is 155 Å². The number of carbonyl (C=O) groups excluding carboxylic acids is 1. The van der Waals surface area contributed by atoms with Gasteiger partial charge < -0.3 is 9.64 Å². The molecule has 5 rings (SSSR count). The fourth-order valence-electron chi connectivity index (χ4n) is 3.50. The van der Waals surface area contributed by atoms with Crippen molar-refractivity contribution in [3.8, 4) is 5.88 Å². The van der Waals surface area contributed by atoms with Crippen molar-refractivity contribution in [2.75, 3.05) is 19.7 Å². The molecule has 9 heteroatoms. The summed E-state index contributed by atoms with van der Waals surface area (Å²) in [5.41, 5.74) is 1.99. The molecular weight excluding hydrogens is 346 g/mol. The molecule has 9 nitrogen and oxygen atoms in total. The van der Waals surface area contributed by atoms with Gasteiger partial charge in [0.05, 0.1) is 18.5 Å². The normalized spacial score (nSPS) is 18.1. The van der Waals surface area contributed by atoms with E-state index >= 15 is 0 Å². The number of aromatic nitrogens is 6. The molecule has 1 saturated heterocycles. The summed E-state index contributed by atoms with van der Waals surface area (Å²) >= 11 is 0. The monoisotopic (exact) mass is 367 g/mol. The van der Waals surface area contributed by atoms with Crippen LogP contribution in [0.5, 0.6) is 5.88 Å². The molecule has 1 aliphatic carbocycles. The minimum atomic E-state index is -0.0921. The third-order valence-corrected chi connectivity index (χ3v) is 5.30. The van der Waals surface area contributed by atoms with E-state index in [-0.39, 0.29) is 5.91 Å². The van der Waals surface area contributed by atoms with Crippen LogP contribution in [0.25, 0.3) is 5.65 Å². The third kappa shape index (κ3) is 3.36. The Bertz CT molecular complexity index is 940. The standard InChI is InChI=1S/C18H21N7O2/c26-18(17-19-11-20-22-17)24-7-5-12(6-8-24)10-27-16-4-3-15-21-14(13-1-2-13)9-25(15)23-16/h3-4,9,11-13H,1-2,5-8,10H2,(H,19,20,22). The smallest absolute Gasteiger partial charge is 0.291 e. The van der Waals surface area contributed by atoms with Crippen molar-refractivity contribution in [2.45, 2.75) is 31.6 Å². The maximum absolute atomic E-state index is 12.3. The number of piperidine rings is 1. The Hall–Kier alpha value is -2.97. The van der Waals surface area contributed by atoms with Gasteiger partial charge >= 0.3 is 0 Å². The van der Waals surface area contributed by atoms with Gasteiger partial charge in [0.2, 0.25) is 11.7 Å². The number of amides is 1. The van der Waals surface area contributed by atoms with Crippen LogP contribution >= 0.6 is 0 Å². The van der Waals surface area contributed by atoms with Crippen LogP contribution in [0, 0.1) is 5.92 Å². The van der Waals surface area contributed by atoms with Gasteiger partial charge in [-0.2, -0.15) is 5.10 Å². The maximum atomic E-state index is 12.3. The first kappa shape index (κ1) is 16.2. The average Bonchev–Trinajstić information content (AvgIpc) is 3.24. The number of hydrogen-bond acceptors (Lipinski definition) is 6. The Morgan fingerprint density at radius 3 is 2.81 bits per heavy atom. The first-order valence-electron chi connectivity index (χ1n) is 9.40. The van der Waals surface area contributed by atoms with Crippen LogP contribution in [-0.2, 0) is 0 Å². The molecular formula is C18H21N7O2. The summed E-state index contributed by atoms with van der Waals surface area (Å²) in [5, 5.41) is 10.9. The fraction of sp³-hybridized carbons (Fsp3) is 0.500. The highest BCUT2D eigenvalue weighted by atomic mass is 16.5. The maximum Gasteiger partial charge on any atom is 0.291 e. The van der Waals surface area contributed by atoms with E-state index in [1.165, 1.54) is 19.2 Å². The lowest BCUT2D eigenvalue weighted by molar-refractivity contribution is 0.0647. The summed E-state index contributed by atoms with van der Waals surface area (Å²) < 4.78 is 7.72. The second-order valence-electron chi connectivity index (χ2n) is 7.30. The Balaban J connectivity index is 1.15. The van der Waals surface area contributed by atoms with Gasteiger partial charge in [0.15, 0.2) is 5.65 Å². The number of carbonyl (C=O) groups is 1. The van der Waals surface area contributed by atoms with Crippen LogP contribution in [0.15, 0.2) is 24.7 Å². The van der Waals surface area contributed by atoms with Crippen LogP contribution in [-0.4, -0.2) is 60.3 Å². The number of hydrogen-bond donors (Lipinski definition) is 1. The lowest BCUT2D eigenvalue weighted by Crippen LogP contribution is -2.40. The number of ether oxygens (including phenoxy) is 1. The number of fused-ring (bicyclic) bond motifs is 1. The highest BCUT2D eigenvalue weighted by molar-refractivity contribution is 5.90. The molecule has 1 N–H and O–H groups in total. The molecule has 1 aliphatic heterocycles. The van der Waals surface area contributed by atoms with Crippen LogP contribution in [0.3, 0.4) is 0 Å². The van der Waals surface area contributed by atoms with Crippen molar-refractivity contribution in [1.82, 2.24) is 34.7 Å². The predicted octanol–water partition coefficient (Wildman–Crippen LogP) is 1.66. The minimum absolute atomic E-state index is 0.0921. The predicted molar refractivity (Wildman–Crippen MR) is 95.5 cm³/mol. The van der Waals surface area contributed by atoms with E-state index in [1.807, 2.05) is 27.7 Å². The van der Waals surface area contributed by atoms with E-state index in [1.54, 1.807) is 0 Å². The van der Waals surface area contributed by atoms with Gasteiger partial charge in [0.25, 0.3) is 5.91 Å². The Kier molecular flexibility index (Phi) is 3.99. The highest BCUT2D eigenvalue weighted by Crippen LogP contribution is 2.39. The zero-order chi connectivity index (χ0) is 18.2. The summed E-state index contributed by atoms with van der Waals surface area (Å²) in [6, 6.07) is 3.83. The van der Waals surface area contributed by atoms with Gasteiger partial charge in [-0.15, -0.1) is 5.10 Å². The van der Waals surface area contributed by atoms with Gasteiger partial charge in [0.1, 0.15) is 6.33 Å². The molecule has 1 saturated carbocycles.